The second-order valence-corrected chi connectivity index (χ2v) is 3.90. The molecule has 1 atom stereocenters. The van der Waals surface area contributed by atoms with E-state index in [0.29, 0.717) is 5.75 Å². The lowest BCUT2D eigenvalue weighted by Gasteiger charge is -2.25. The summed E-state index contributed by atoms with van der Waals surface area (Å²) in [5.74, 6) is 1.10. The number of nitrogens with one attached hydrogen (secondary N) is 1. The van der Waals surface area contributed by atoms with Crippen LogP contribution >= 0.6 is 12.4 Å². The summed E-state index contributed by atoms with van der Waals surface area (Å²) >= 11 is 0. The van der Waals surface area contributed by atoms with Crippen molar-refractivity contribution >= 4 is 12.4 Å². The molecule has 3 nitrogen and oxygen atoms in total. The average molecular weight is 244 g/mol. The van der Waals surface area contributed by atoms with Crippen molar-refractivity contribution in [3.63, 3.8) is 0 Å². The number of ether oxygens (including phenoxy) is 1. The van der Waals surface area contributed by atoms with Crippen molar-refractivity contribution in [1.82, 2.24) is 5.32 Å². The first-order chi connectivity index (χ1) is 7.33. The zero-order valence-corrected chi connectivity index (χ0v) is 10.2. The quantitative estimate of drug-likeness (QED) is 0.839. The molecule has 1 fully saturated rings. The summed E-state index contributed by atoms with van der Waals surface area (Å²) in [7, 11) is 1.64. The van der Waals surface area contributed by atoms with Crippen LogP contribution in [0.15, 0.2) is 18.2 Å². The summed E-state index contributed by atoms with van der Waals surface area (Å²) in [6.45, 7) is 1.02. The summed E-state index contributed by atoms with van der Waals surface area (Å²) in [6.07, 6.45) is 3.48. The highest BCUT2D eigenvalue weighted by molar-refractivity contribution is 5.85. The summed E-state index contributed by atoms with van der Waals surface area (Å²) in [5, 5.41) is 13.3. The van der Waals surface area contributed by atoms with Crippen molar-refractivity contribution in [1.29, 1.82) is 0 Å². The highest BCUT2D eigenvalue weighted by Crippen LogP contribution is 2.36. The fourth-order valence-electron chi connectivity index (χ4n) is 2.16. The molecular formula is C12H18ClNO2. The van der Waals surface area contributed by atoms with Gasteiger partial charge >= 0.3 is 0 Å². The Balaban J connectivity index is 0.00000128. The van der Waals surface area contributed by atoms with E-state index >= 15 is 0 Å². The maximum Gasteiger partial charge on any atom is 0.127 e. The summed E-state index contributed by atoms with van der Waals surface area (Å²) in [6, 6.07) is 5.65. The molecule has 0 radical (unpaired) electrons. The highest BCUT2D eigenvalue weighted by atomic mass is 35.5. The smallest absolute Gasteiger partial charge is 0.127 e. The number of hydrogen-bond acceptors (Lipinski definition) is 3. The predicted molar refractivity (Wildman–Crippen MR) is 66.5 cm³/mol. The molecule has 2 N–H and O–H groups in total. The number of benzene rings is 1. The Hall–Kier alpha value is -0.930. The van der Waals surface area contributed by atoms with Crippen molar-refractivity contribution < 1.29 is 9.84 Å². The van der Waals surface area contributed by atoms with E-state index < -0.39 is 0 Å². The van der Waals surface area contributed by atoms with Gasteiger partial charge in [0.15, 0.2) is 0 Å². The number of methoxy groups -OCH3 is 1. The van der Waals surface area contributed by atoms with E-state index in [0.717, 1.165) is 24.3 Å². The minimum absolute atomic E-state index is 0. The third-order valence-electron chi connectivity index (χ3n) is 2.92. The summed E-state index contributed by atoms with van der Waals surface area (Å²) in [5.41, 5.74) is 0.903. The standard InChI is InChI=1S/C12H17NO2.ClH/c1-15-11-7-4-6-10(14)12(11)9-5-2-3-8-13-9;/h4,6-7,9,13-14H,2-3,5,8H2,1H3;1H/t9-;/m0./s1. The van der Waals surface area contributed by atoms with Gasteiger partial charge in [0, 0.05) is 6.04 Å². The minimum atomic E-state index is 0. The summed E-state index contributed by atoms with van der Waals surface area (Å²) in [4.78, 5) is 0. The van der Waals surface area contributed by atoms with Gasteiger partial charge in [-0.1, -0.05) is 12.5 Å². The van der Waals surface area contributed by atoms with Gasteiger partial charge in [-0.3, -0.25) is 0 Å². The third kappa shape index (κ3) is 2.60. The molecule has 1 heterocycles. The molecule has 0 spiro atoms. The Bertz CT molecular complexity index is 338. The van der Waals surface area contributed by atoms with Crippen LogP contribution in [0.2, 0.25) is 0 Å². The molecule has 1 aliphatic heterocycles. The highest BCUT2D eigenvalue weighted by Gasteiger charge is 2.21. The molecule has 1 aromatic rings. The zero-order valence-electron chi connectivity index (χ0n) is 9.40. The molecule has 1 saturated heterocycles. The predicted octanol–water partition coefficient (Wildman–Crippen LogP) is 2.64. The van der Waals surface area contributed by atoms with Crippen molar-refractivity contribution in [2.75, 3.05) is 13.7 Å². The van der Waals surface area contributed by atoms with E-state index in [2.05, 4.69) is 5.32 Å². The van der Waals surface area contributed by atoms with Crippen molar-refractivity contribution in [3.8, 4) is 11.5 Å². The monoisotopic (exact) mass is 243 g/mol. The van der Waals surface area contributed by atoms with Crippen molar-refractivity contribution in [2.45, 2.75) is 25.3 Å². The number of piperidine rings is 1. The van der Waals surface area contributed by atoms with Crippen LogP contribution in [0, 0.1) is 0 Å². The van der Waals surface area contributed by atoms with Crippen LogP contribution in [-0.4, -0.2) is 18.8 Å². The third-order valence-corrected chi connectivity index (χ3v) is 2.92. The van der Waals surface area contributed by atoms with E-state index in [1.165, 1.54) is 12.8 Å². The number of hydrogen-bond donors (Lipinski definition) is 2. The molecule has 4 heteroatoms. The molecule has 0 saturated carbocycles. The molecule has 16 heavy (non-hydrogen) atoms. The van der Waals surface area contributed by atoms with Crippen LogP contribution < -0.4 is 10.1 Å². The fraction of sp³-hybridized carbons (Fsp3) is 0.500. The average Bonchev–Trinajstić information content (AvgIpc) is 2.29. The molecule has 0 bridgehead atoms. The Morgan fingerprint density at radius 2 is 2.19 bits per heavy atom. The van der Waals surface area contributed by atoms with E-state index in [-0.39, 0.29) is 18.4 Å². The molecule has 0 unspecified atom stereocenters. The Morgan fingerprint density at radius 3 is 2.81 bits per heavy atom. The lowest BCUT2D eigenvalue weighted by Crippen LogP contribution is -2.27. The van der Waals surface area contributed by atoms with Gasteiger partial charge in [0.25, 0.3) is 0 Å². The molecule has 90 valence electrons. The number of aromatic hydroxyl groups is 1. The molecule has 1 aliphatic rings. The number of phenols is 1. The normalized spacial score (nSPS) is 19.9. The van der Waals surface area contributed by atoms with Crippen molar-refractivity contribution in [2.24, 2.45) is 0 Å². The maximum absolute atomic E-state index is 9.85. The first kappa shape index (κ1) is 13.1. The maximum atomic E-state index is 9.85. The van der Waals surface area contributed by atoms with Crippen LogP contribution in [0.3, 0.4) is 0 Å². The van der Waals surface area contributed by atoms with Crippen LogP contribution in [-0.2, 0) is 0 Å². The lowest BCUT2D eigenvalue weighted by molar-refractivity contribution is 0.357. The van der Waals surface area contributed by atoms with Crippen molar-refractivity contribution in [3.05, 3.63) is 23.8 Å². The van der Waals surface area contributed by atoms with Gasteiger partial charge in [-0.15, -0.1) is 12.4 Å². The Labute approximate surface area is 102 Å². The Kier molecular flexibility index (Phi) is 4.90. The molecule has 0 aromatic heterocycles. The molecule has 1 aromatic carbocycles. The van der Waals surface area contributed by atoms with Crippen LogP contribution in [0.25, 0.3) is 0 Å². The van der Waals surface area contributed by atoms with Gasteiger partial charge < -0.3 is 15.2 Å². The molecular weight excluding hydrogens is 226 g/mol. The van der Waals surface area contributed by atoms with E-state index in [1.54, 1.807) is 19.2 Å². The van der Waals surface area contributed by atoms with Gasteiger partial charge in [0.2, 0.25) is 0 Å². The van der Waals surface area contributed by atoms with Gasteiger partial charge in [-0.2, -0.15) is 0 Å². The van der Waals surface area contributed by atoms with Gasteiger partial charge in [-0.05, 0) is 31.5 Å². The zero-order chi connectivity index (χ0) is 10.7. The molecule has 2 rings (SSSR count). The van der Waals surface area contributed by atoms with E-state index in [4.69, 9.17) is 4.74 Å². The van der Waals surface area contributed by atoms with E-state index in [9.17, 15) is 5.11 Å². The largest absolute Gasteiger partial charge is 0.507 e. The van der Waals surface area contributed by atoms with Crippen LogP contribution in [0.1, 0.15) is 30.9 Å². The first-order valence-electron chi connectivity index (χ1n) is 5.42. The minimum Gasteiger partial charge on any atom is -0.507 e. The van der Waals surface area contributed by atoms with Gasteiger partial charge in [0.05, 0.1) is 12.7 Å². The lowest BCUT2D eigenvalue weighted by atomic mass is 9.96. The Morgan fingerprint density at radius 1 is 1.38 bits per heavy atom. The topological polar surface area (TPSA) is 41.5 Å². The summed E-state index contributed by atoms with van der Waals surface area (Å²) < 4.78 is 5.28. The van der Waals surface area contributed by atoms with Gasteiger partial charge in [0.1, 0.15) is 11.5 Å². The molecule has 0 aliphatic carbocycles. The number of rotatable bonds is 2. The fourth-order valence-corrected chi connectivity index (χ4v) is 2.16. The second-order valence-electron chi connectivity index (χ2n) is 3.90. The number of phenolic OH excluding ortho intramolecular Hbond substituents is 1. The van der Waals surface area contributed by atoms with Crippen LogP contribution in [0.5, 0.6) is 11.5 Å². The van der Waals surface area contributed by atoms with E-state index in [1.807, 2.05) is 6.07 Å². The second kappa shape index (κ2) is 5.97. The number of halogens is 1. The first-order valence-corrected chi connectivity index (χ1v) is 5.42. The van der Waals surface area contributed by atoms with Crippen LogP contribution in [0.4, 0.5) is 0 Å². The van der Waals surface area contributed by atoms with Gasteiger partial charge in [-0.25, -0.2) is 0 Å². The molecule has 0 amide bonds. The SMILES string of the molecule is COc1cccc(O)c1[C@@H]1CCCCN1.Cl.